The summed E-state index contributed by atoms with van der Waals surface area (Å²) in [5.74, 6) is 1.34. The molecule has 1 unspecified atom stereocenters. The van der Waals surface area contributed by atoms with E-state index in [0.29, 0.717) is 18.1 Å². The van der Waals surface area contributed by atoms with Crippen molar-refractivity contribution in [3.05, 3.63) is 29.1 Å². The molecule has 0 saturated heterocycles. The quantitative estimate of drug-likeness (QED) is 0.647. The van der Waals surface area contributed by atoms with Gasteiger partial charge in [-0.1, -0.05) is 20.8 Å². The number of rotatable bonds is 9. The molecule has 0 aromatic heterocycles. The molecule has 2 nitrogen and oxygen atoms in total. The number of hydrogen-bond donors (Lipinski definition) is 1. The zero-order chi connectivity index (χ0) is 15.8. The molecule has 0 amide bonds. The summed E-state index contributed by atoms with van der Waals surface area (Å²) in [6.07, 6.45) is 3.24. The van der Waals surface area contributed by atoms with Crippen LogP contribution in [0.15, 0.2) is 12.1 Å². The number of aryl methyl sites for hydroxylation is 1. The first-order valence-electron chi connectivity index (χ1n) is 8.11. The molecule has 0 aliphatic rings. The van der Waals surface area contributed by atoms with Crippen LogP contribution in [0.5, 0.6) is 5.75 Å². The fraction of sp³-hybridized carbons (Fsp3) is 0.667. The maximum absolute atomic E-state index is 13.9. The minimum absolute atomic E-state index is 0.0974. The Balaban J connectivity index is 2.77. The lowest BCUT2D eigenvalue weighted by Gasteiger charge is -2.19. The van der Waals surface area contributed by atoms with Crippen LogP contribution in [-0.2, 0) is 0 Å². The Bertz CT molecular complexity index is 431. The molecule has 1 N–H and O–H groups in total. The first-order chi connectivity index (χ1) is 9.95. The number of nitrogens with one attached hydrogen (secondary N) is 1. The van der Waals surface area contributed by atoms with Crippen LogP contribution in [-0.4, -0.2) is 13.2 Å². The maximum Gasteiger partial charge on any atom is 0.126 e. The first kappa shape index (κ1) is 18.0. The van der Waals surface area contributed by atoms with Crippen LogP contribution in [0.4, 0.5) is 4.39 Å². The van der Waals surface area contributed by atoms with E-state index in [0.717, 1.165) is 37.1 Å². The van der Waals surface area contributed by atoms with Gasteiger partial charge in [-0.05, 0) is 63.3 Å². The predicted molar refractivity (Wildman–Crippen MR) is 87.4 cm³/mol. The molecule has 120 valence electrons. The topological polar surface area (TPSA) is 21.3 Å². The fourth-order valence-electron chi connectivity index (χ4n) is 2.28. The predicted octanol–water partition coefficient (Wildman–Crippen LogP) is 5.01. The molecular formula is C18H30FNO. The molecule has 0 aliphatic carbocycles. The summed E-state index contributed by atoms with van der Waals surface area (Å²) in [4.78, 5) is 0. The van der Waals surface area contributed by atoms with Crippen molar-refractivity contribution in [2.75, 3.05) is 13.2 Å². The summed E-state index contributed by atoms with van der Waals surface area (Å²) in [6, 6.07) is 3.53. The average molecular weight is 295 g/mol. The fourth-order valence-corrected chi connectivity index (χ4v) is 2.28. The maximum atomic E-state index is 13.9. The van der Waals surface area contributed by atoms with Crippen molar-refractivity contribution in [2.45, 2.75) is 59.9 Å². The van der Waals surface area contributed by atoms with Gasteiger partial charge in [0.05, 0.1) is 6.61 Å². The zero-order valence-corrected chi connectivity index (χ0v) is 14.1. The van der Waals surface area contributed by atoms with Gasteiger partial charge in [0, 0.05) is 11.6 Å². The van der Waals surface area contributed by atoms with E-state index in [4.69, 9.17) is 4.74 Å². The van der Waals surface area contributed by atoms with Crippen LogP contribution in [0.3, 0.4) is 0 Å². The van der Waals surface area contributed by atoms with Crippen LogP contribution >= 0.6 is 0 Å². The van der Waals surface area contributed by atoms with Gasteiger partial charge < -0.3 is 10.1 Å². The molecule has 0 spiro atoms. The highest BCUT2D eigenvalue weighted by Gasteiger charge is 2.14. The molecule has 1 rings (SSSR count). The van der Waals surface area contributed by atoms with Crippen molar-refractivity contribution in [3.63, 3.8) is 0 Å². The van der Waals surface area contributed by atoms with Gasteiger partial charge in [0.1, 0.15) is 11.6 Å². The Morgan fingerprint density at radius 2 is 1.95 bits per heavy atom. The van der Waals surface area contributed by atoms with Crippen molar-refractivity contribution < 1.29 is 9.13 Å². The molecule has 0 heterocycles. The molecule has 0 saturated carbocycles. The third-order valence-electron chi connectivity index (χ3n) is 3.64. The summed E-state index contributed by atoms with van der Waals surface area (Å²) >= 11 is 0. The normalized spacial score (nSPS) is 12.7. The van der Waals surface area contributed by atoms with Crippen LogP contribution < -0.4 is 10.1 Å². The van der Waals surface area contributed by atoms with Gasteiger partial charge in [0.25, 0.3) is 0 Å². The van der Waals surface area contributed by atoms with E-state index in [1.165, 1.54) is 0 Å². The van der Waals surface area contributed by atoms with E-state index in [9.17, 15) is 4.39 Å². The smallest absolute Gasteiger partial charge is 0.126 e. The Morgan fingerprint density at radius 3 is 2.57 bits per heavy atom. The van der Waals surface area contributed by atoms with Gasteiger partial charge in [-0.2, -0.15) is 0 Å². The SMILES string of the molecule is CCCNC(C)c1cc(F)c(C)cc1OCCCC(C)C. The molecule has 1 atom stereocenters. The second-order valence-corrected chi connectivity index (χ2v) is 6.20. The Labute approximate surface area is 129 Å². The highest BCUT2D eigenvalue weighted by Crippen LogP contribution is 2.28. The van der Waals surface area contributed by atoms with E-state index >= 15 is 0 Å². The van der Waals surface area contributed by atoms with E-state index in [1.54, 1.807) is 13.0 Å². The third-order valence-corrected chi connectivity index (χ3v) is 3.64. The zero-order valence-electron chi connectivity index (χ0n) is 14.1. The number of ether oxygens (including phenoxy) is 1. The van der Waals surface area contributed by atoms with Crippen molar-refractivity contribution in [1.82, 2.24) is 5.32 Å². The second-order valence-electron chi connectivity index (χ2n) is 6.20. The molecule has 0 fully saturated rings. The average Bonchev–Trinajstić information content (AvgIpc) is 2.44. The second kappa shape index (κ2) is 9.04. The summed E-state index contributed by atoms with van der Waals surface area (Å²) in [7, 11) is 0. The molecule has 0 aliphatic heterocycles. The van der Waals surface area contributed by atoms with Crippen molar-refractivity contribution in [3.8, 4) is 5.75 Å². The Kier molecular flexibility index (Phi) is 7.73. The van der Waals surface area contributed by atoms with Gasteiger partial charge in [-0.3, -0.25) is 0 Å². The summed E-state index contributed by atoms with van der Waals surface area (Å²) in [5.41, 5.74) is 1.55. The lowest BCUT2D eigenvalue weighted by Crippen LogP contribution is -2.20. The summed E-state index contributed by atoms with van der Waals surface area (Å²) in [5, 5.41) is 3.40. The van der Waals surface area contributed by atoms with Gasteiger partial charge >= 0.3 is 0 Å². The Morgan fingerprint density at radius 1 is 1.24 bits per heavy atom. The lowest BCUT2D eigenvalue weighted by molar-refractivity contribution is 0.291. The van der Waals surface area contributed by atoms with Gasteiger partial charge in [0.15, 0.2) is 0 Å². The highest BCUT2D eigenvalue weighted by atomic mass is 19.1. The van der Waals surface area contributed by atoms with Crippen LogP contribution in [0.1, 0.15) is 64.1 Å². The van der Waals surface area contributed by atoms with E-state index in [-0.39, 0.29) is 11.9 Å². The number of hydrogen-bond acceptors (Lipinski definition) is 2. The van der Waals surface area contributed by atoms with E-state index < -0.39 is 0 Å². The van der Waals surface area contributed by atoms with Crippen molar-refractivity contribution in [2.24, 2.45) is 5.92 Å². The summed E-state index contributed by atoms with van der Waals surface area (Å²) in [6.45, 7) is 12.0. The summed E-state index contributed by atoms with van der Waals surface area (Å²) < 4.78 is 19.8. The standard InChI is InChI=1S/C18H30FNO/c1-6-9-20-15(5)16-12-17(19)14(4)11-18(16)21-10-7-8-13(2)3/h11-13,15,20H,6-10H2,1-5H3. The molecule has 3 heteroatoms. The largest absolute Gasteiger partial charge is 0.493 e. The molecule has 1 aromatic carbocycles. The first-order valence-corrected chi connectivity index (χ1v) is 8.11. The van der Waals surface area contributed by atoms with Crippen LogP contribution in [0.2, 0.25) is 0 Å². The van der Waals surface area contributed by atoms with E-state index in [1.807, 2.05) is 6.07 Å². The lowest BCUT2D eigenvalue weighted by atomic mass is 10.0. The van der Waals surface area contributed by atoms with Gasteiger partial charge in [-0.25, -0.2) is 4.39 Å². The van der Waals surface area contributed by atoms with Crippen molar-refractivity contribution in [1.29, 1.82) is 0 Å². The molecule has 0 bridgehead atoms. The monoisotopic (exact) mass is 295 g/mol. The van der Waals surface area contributed by atoms with Crippen LogP contribution in [0, 0.1) is 18.7 Å². The molecular weight excluding hydrogens is 265 g/mol. The van der Waals surface area contributed by atoms with E-state index in [2.05, 4.69) is 33.0 Å². The molecule has 1 aromatic rings. The van der Waals surface area contributed by atoms with Gasteiger partial charge in [0.2, 0.25) is 0 Å². The van der Waals surface area contributed by atoms with Crippen LogP contribution in [0.25, 0.3) is 0 Å². The minimum atomic E-state index is -0.162. The Hall–Kier alpha value is -1.09. The van der Waals surface area contributed by atoms with Gasteiger partial charge in [-0.15, -0.1) is 0 Å². The number of benzene rings is 1. The number of halogens is 1. The van der Waals surface area contributed by atoms with Crippen molar-refractivity contribution >= 4 is 0 Å². The minimum Gasteiger partial charge on any atom is -0.493 e. The molecule has 21 heavy (non-hydrogen) atoms. The molecule has 0 radical (unpaired) electrons. The third kappa shape index (κ3) is 6.04. The highest BCUT2D eigenvalue weighted by molar-refractivity contribution is 5.40.